The predicted molar refractivity (Wildman–Crippen MR) is 79.4 cm³/mol. The van der Waals surface area contributed by atoms with E-state index >= 15 is 0 Å². The fourth-order valence-corrected chi connectivity index (χ4v) is 3.06. The van der Waals surface area contributed by atoms with Crippen LogP contribution in [-0.2, 0) is 10.0 Å². The first-order valence-electron chi connectivity index (χ1n) is 6.02. The second-order valence-corrected chi connectivity index (χ2v) is 6.91. The Kier molecular flexibility index (Phi) is 6.22. The molecule has 0 aliphatic heterocycles. The summed E-state index contributed by atoms with van der Waals surface area (Å²) in [6, 6.07) is 2.73. The van der Waals surface area contributed by atoms with E-state index in [0.29, 0.717) is 24.2 Å². The van der Waals surface area contributed by atoms with Gasteiger partial charge in [0.1, 0.15) is 5.82 Å². The zero-order chi connectivity index (χ0) is 14.5. The normalized spacial score (nSPS) is 11.6. The largest absolute Gasteiger partial charge is 0.317 e. The molecule has 7 heteroatoms. The number of halogens is 2. The van der Waals surface area contributed by atoms with Crippen LogP contribution < -0.4 is 10.0 Å². The third-order valence-electron chi connectivity index (χ3n) is 2.55. The third kappa shape index (κ3) is 5.46. The van der Waals surface area contributed by atoms with Crippen molar-refractivity contribution in [3.05, 3.63) is 28.0 Å². The monoisotopic (exact) mass is 352 g/mol. The Morgan fingerprint density at radius 1 is 1.37 bits per heavy atom. The average molecular weight is 353 g/mol. The second kappa shape index (κ2) is 7.21. The lowest BCUT2D eigenvalue weighted by Crippen LogP contribution is -2.22. The van der Waals surface area contributed by atoms with Crippen molar-refractivity contribution in [2.75, 3.05) is 23.6 Å². The molecule has 0 fully saturated rings. The van der Waals surface area contributed by atoms with Gasteiger partial charge in [-0.05, 0) is 60.1 Å². The fraction of sp³-hybridized carbons (Fsp3) is 0.500. The molecule has 1 rings (SSSR count). The van der Waals surface area contributed by atoms with Crippen molar-refractivity contribution in [1.82, 2.24) is 5.32 Å². The molecule has 0 aliphatic rings. The molecule has 0 unspecified atom stereocenters. The van der Waals surface area contributed by atoms with Gasteiger partial charge < -0.3 is 5.32 Å². The van der Waals surface area contributed by atoms with E-state index in [4.69, 9.17) is 0 Å². The fourth-order valence-electron chi connectivity index (χ4n) is 1.54. The first kappa shape index (κ1) is 16.4. The standard InChI is InChI=1S/C12H18BrFN2O2S/c1-3-15-5-4-6-19(17,18)16-12-8-10(13)11(14)7-9(12)2/h7-8,15-16H,3-6H2,1-2H3. The molecule has 0 aliphatic carbocycles. The van der Waals surface area contributed by atoms with Crippen LogP contribution in [0.15, 0.2) is 16.6 Å². The molecule has 0 heterocycles. The number of hydrogen-bond donors (Lipinski definition) is 2. The van der Waals surface area contributed by atoms with Crippen LogP contribution in [0.4, 0.5) is 10.1 Å². The van der Waals surface area contributed by atoms with Crippen molar-refractivity contribution in [2.45, 2.75) is 20.3 Å². The molecule has 19 heavy (non-hydrogen) atoms. The van der Waals surface area contributed by atoms with Crippen LogP contribution in [0.3, 0.4) is 0 Å². The van der Waals surface area contributed by atoms with Crippen LogP contribution in [0.5, 0.6) is 0 Å². The lowest BCUT2D eigenvalue weighted by molar-refractivity contribution is 0.594. The average Bonchev–Trinajstić information content (AvgIpc) is 2.31. The van der Waals surface area contributed by atoms with Gasteiger partial charge in [0.25, 0.3) is 0 Å². The highest BCUT2D eigenvalue weighted by Gasteiger charge is 2.13. The lowest BCUT2D eigenvalue weighted by atomic mass is 10.2. The van der Waals surface area contributed by atoms with Gasteiger partial charge in [-0.15, -0.1) is 0 Å². The summed E-state index contributed by atoms with van der Waals surface area (Å²) < 4.78 is 39.7. The minimum Gasteiger partial charge on any atom is -0.317 e. The molecule has 1 aromatic rings. The second-order valence-electron chi connectivity index (χ2n) is 4.21. The quantitative estimate of drug-likeness (QED) is 0.741. The van der Waals surface area contributed by atoms with Crippen molar-refractivity contribution >= 4 is 31.6 Å². The topological polar surface area (TPSA) is 58.2 Å². The van der Waals surface area contributed by atoms with E-state index in [2.05, 4.69) is 26.0 Å². The van der Waals surface area contributed by atoms with E-state index in [1.807, 2.05) is 6.92 Å². The third-order valence-corrected chi connectivity index (χ3v) is 4.51. The summed E-state index contributed by atoms with van der Waals surface area (Å²) in [5.74, 6) is -0.373. The number of nitrogens with one attached hydrogen (secondary N) is 2. The SMILES string of the molecule is CCNCCCS(=O)(=O)Nc1cc(Br)c(F)cc1C. The number of rotatable bonds is 7. The molecule has 0 radical (unpaired) electrons. The van der Waals surface area contributed by atoms with E-state index in [1.54, 1.807) is 6.92 Å². The first-order valence-corrected chi connectivity index (χ1v) is 8.47. The maximum atomic E-state index is 13.2. The maximum absolute atomic E-state index is 13.2. The Morgan fingerprint density at radius 2 is 2.05 bits per heavy atom. The number of anilines is 1. The molecule has 0 spiro atoms. The molecule has 2 N–H and O–H groups in total. The molecule has 0 aromatic heterocycles. The highest BCUT2D eigenvalue weighted by Crippen LogP contribution is 2.25. The van der Waals surface area contributed by atoms with E-state index in [0.717, 1.165) is 6.54 Å². The van der Waals surface area contributed by atoms with Gasteiger partial charge in [-0.25, -0.2) is 12.8 Å². The Morgan fingerprint density at radius 3 is 2.68 bits per heavy atom. The Bertz CT molecular complexity index is 535. The summed E-state index contributed by atoms with van der Waals surface area (Å²) in [6.45, 7) is 5.10. The molecule has 0 amide bonds. The highest BCUT2D eigenvalue weighted by molar-refractivity contribution is 9.10. The van der Waals surface area contributed by atoms with Gasteiger partial charge in [0, 0.05) is 0 Å². The smallest absolute Gasteiger partial charge is 0.232 e. The van der Waals surface area contributed by atoms with Crippen molar-refractivity contribution in [1.29, 1.82) is 0 Å². The predicted octanol–water partition coefficient (Wildman–Crippen LogP) is 2.64. The van der Waals surface area contributed by atoms with E-state index in [-0.39, 0.29) is 10.2 Å². The molecular weight excluding hydrogens is 335 g/mol. The van der Waals surface area contributed by atoms with Crippen LogP contribution in [0.1, 0.15) is 18.9 Å². The highest BCUT2D eigenvalue weighted by atomic mass is 79.9. The van der Waals surface area contributed by atoms with Crippen LogP contribution in [0, 0.1) is 12.7 Å². The number of hydrogen-bond acceptors (Lipinski definition) is 3. The minimum absolute atomic E-state index is 0.0361. The van der Waals surface area contributed by atoms with E-state index in [1.165, 1.54) is 12.1 Å². The van der Waals surface area contributed by atoms with E-state index < -0.39 is 15.8 Å². The van der Waals surface area contributed by atoms with Gasteiger partial charge in [0.05, 0.1) is 15.9 Å². The number of sulfonamides is 1. The maximum Gasteiger partial charge on any atom is 0.232 e. The van der Waals surface area contributed by atoms with Crippen LogP contribution >= 0.6 is 15.9 Å². The van der Waals surface area contributed by atoms with Crippen LogP contribution in [-0.4, -0.2) is 27.3 Å². The van der Waals surface area contributed by atoms with Crippen LogP contribution in [0.25, 0.3) is 0 Å². The summed E-state index contributed by atoms with van der Waals surface area (Å²) in [6.07, 6.45) is 0.532. The van der Waals surface area contributed by atoms with Crippen molar-refractivity contribution in [2.24, 2.45) is 0 Å². The van der Waals surface area contributed by atoms with Gasteiger partial charge in [-0.1, -0.05) is 6.92 Å². The molecule has 0 saturated carbocycles. The zero-order valence-electron chi connectivity index (χ0n) is 11.0. The molecule has 1 aromatic carbocycles. The summed E-state index contributed by atoms with van der Waals surface area (Å²) in [5.41, 5.74) is 0.952. The molecule has 0 atom stereocenters. The van der Waals surface area contributed by atoms with E-state index in [9.17, 15) is 12.8 Å². The lowest BCUT2D eigenvalue weighted by Gasteiger charge is -2.11. The molecule has 0 bridgehead atoms. The van der Waals surface area contributed by atoms with Gasteiger partial charge in [0.2, 0.25) is 10.0 Å². The Hall–Kier alpha value is -0.660. The van der Waals surface area contributed by atoms with Gasteiger partial charge in [0.15, 0.2) is 0 Å². The molecule has 0 saturated heterocycles. The summed E-state index contributed by atoms with van der Waals surface area (Å²) >= 11 is 3.04. The molecule has 4 nitrogen and oxygen atoms in total. The zero-order valence-corrected chi connectivity index (χ0v) is 13.4. The van der Waals surface area contributed by atoms with Crippen molar-refractivity contribution in [3.63, 3.8) is 0 Å². The van der Waals surface area contributed by atoms with Crippen molar-refractivity contribution < 1.29 is 12.8 Å². The Balaban J connectivity index is 2.70. The number of aryl methyl sites for hydroxylation is 1. The van der Waals surface area contributed by atoms with Gasteiger partial charge in [-0.3, -0.25) is 4.72 Å². The Labute approximate surface area is 122 Å². The molecular formula is C12H18BrFN2O2S. The number of benzene rings is 1. The summed E-state index contributed by atoms with van der Waals surface area (Å²) in [5, 5.41) is 3.06. The van der Waals surface area contributed by atoms with Gasteiger partial charge >= 0.3 is 0 Å². The molecule has 108 valence electrons. The minimum atomic E-state index is -3.40. The first-order chi connectivity index (χ1) is 8.85. The summed E-state index contributed by atoms with van der Waals surface area (Å²) in [4.78, 5) is 0. The van der Waals surface area contributed by atoms with Gasteiger partial charge in [-0.2, -0.15) is 0 Å². The summed E-state index contributed by atoms with van der Waals surface area (Å²) in [7, 11) is -3.40. The van der Waals surface area contributed by atoms with Crippen LogP contribution in [0.2, 0.25) is 0 Å². The van der Waals surface area contributed by atoms with Crippen molar-refractivity contribution in [3.8, 4) is 0 Å².